The Morgan fingerprint density at radius 2 is 2.03 bits per heavy atom. The van der Waals surface area contributed by atoms with Crippen LogP contribution in [0, 0.1) is 0 Å². The Morgan fingerprint density at radius 1 is 1.24 bits per heavy atom. The first-order valence-corrected chi connectivity index (χ1v) is 10.3. The average molecular weight is 417 g/mol. The number of hydrogen-bond acceptors (Lipinski definition) is 4. The van der Waals surface area contributed by atoms with Crippen LogP contribution in [0.1, 0.15) is 30.0 Å². The Hall–Kier alpha value is -2.60. The minimum Gasteiger partial charge on any atom is -0.497 e. The molecule has 4 rings (SSSR count). The molecule has 1 fully saturated rings. The molecule has 0 aliphatic carbocycles. The summed E-state index contributed by atoms with van der Waals surface area (Å²) in [7, 11) is 1.65. The predicted octanol–water partition coefficient (Wildman–Crippen LogP) is 4.21. The van der Waals surface area contributed by atoms with Crippen LogP contribution in [0.4, 0.5) is 4.79 Å². The van der Waals surface area contributed by atoms with Crippen molar-refractivity contribution in [1.29, 1.82) is 0 Å². The van der Waals surface area contributed by atoms with Crippen LogP contribution in [0.2, 0.25) is 5.02 Å². The molecule has 1 unspecified atom stereocenters. The van der Waals surface area contributed by atoms with Crippen molar-refractivity contribution in [2.75, 3.05) is 33.4 Å². The van der Waals surface area contributed by atoms with E-state index < -0.39 is 0 Å². The lowest BCUT2D eigenvalue weighted by molar-refractivity contribution is 0.171. The topological polar surface area (TPSA) is 60.0 Å². The summed E-state index contributed by atoms with van der Waals surface area (Å²) in [6, 6.07) is 11.8. The zero-order chi connectivity index (χ0) is 20.2. The maximum Gasteiger partial charge on any atom is 0.317 e. The molecule has 2 aromatic rings. The Bertz CT molecular complexity index is 872. The summed E-state index contributed by atoms with van der Waals surface area (Å²) < 4.78 is 16.4. The fraction of sp³-hybridized carbons (Fsp3) is 0.409. The van der Waals surface area contributed by atoms with E-state index in [1.807, 2.05) is 41.3 Å². The van der Waals surface area contributed by atoms with Crippen LogP contribution in [0.3, 0.4) is 0 Å². The Kier molecular flexibility index (Phi) is 6.00. The molecule has 7 heteroatoms. The van der Waals surface area contributed by atoms with Crippen LogP contribution in [0.25, 0.3) is 0 Å². The highest BCUT2D eigenvalue weighted by Crippen LogP contribution is 2.38. The summed E-state index contributed by atoms with van der Waals surface area (Å²) in [6.45, 7) is 2.32. The number of carbonyl (C=O) groups is 1. The van der Waals surface area contributed by atoms with Crippen LogP contribution in [0.5, 0.6) is 17.2 Å². The van der Waals surface area contributed by atoms with Crippen molar-refractivity contribution < 1.29 is 19.0 Å². The van der Waals surface area contributed by atoms with Gasteiger partial charge in [0, 0.05) is 13.1 Å². The molecule has 0 radical (unpaired) electrons. The second-order valence-corrected chi connectivity index (χ2v) is 7.62. The van der Waals surface area contributed by atoms with Gasteiger partial charge in [-0.2, -0.15) is 0 Å². The molecular formula is C22H25ClN2O4. The molecule has 2 aromatic carbocycles. The van der Waals surface area contributed by atoms with Gasteiger partial charge in [0.2, 0.25) is 0 Å². The molecule has 2 heterocycles. The number of nitrogens with zero attached hydrogens (tertiary/aromatic N) is 1. The van der Waals surface area contributed by atoms with Crippen molar-refractivity contribution in [3.8, 4) is 17.2 Å². The number of carbonyl (C=O) groups excluding carboxylic acids is 1. The third-order valence-corrected chi connectivity index (χ3v) is 5.64. The Morgan fingerprint density at radius 3 is 2.83 bits per heavy atom. The second-order valence-electron chi connectivity index (χ2n) is 7.21. The summed E-state index contributed by atoms with van der Waals surface area (Å²) in [6.07, 6.45) is 2.64. The fourth-order valence-corrected chi connectivity index (χ4v) is 4.19. The Labute approximate surface area is 175 Å². The second kappa shape index (κ2) is 8.82. The molecule has 29 heavy (non-hydrogen) atoms. The third-order valence-electron chi connectivity index (χ3n) is 5.36. The van der Waals surface area contributed by atoms with E-state index in [2.05, 4.69) is 5.32 Å². The van der Waals surface area contributed by atoms with Crippen LogP contribution in [-0.4, -0.2) is 44.3 Å². The van der Waals surface area contributed by atoms with E-state index in [-0.39, 0.29) is 12.1 Å². The molecule has 1 atom stereocenters. The molecule has 1 saturated heterocycles. The molecule has 2 aliphatic rings. The van der Waals surface area contributed by atoms with Crippen molar-refractivity contribution in [3.63, 3.8) is 0 Å². The minimum atomic E-state index is -0.0352. The number of halogens is 1. The lowest BCUT2D eigenvalue weighted by Crippen LogP contribution is -2.40. The van der Waals surface area contributed by atoms with Gasteiger partial charge in [-0.1, -0.05) is 23.7 Å². The van der Waals surface area contributed by atoms with E-state index in [1.165, 1.54) is 0 Å². The number of hydrogen-bond donors (Lipinski definition) is 1. The van der Waals surface area contributed by atoms with Crippen LogP contribution >= 0.6 is 11.6 Å². The lowest BCUT2D eigenvalue weighted by Gasteiger charge is -2.25. The molecule has 0 saturated carbocycles. The van der Waals surface area contributed by atoms with Gasteiger partial charge in [-0.25, -0.2) is 4.79 Å². The third kappa shape index (κ3) is 4.37. The first-order chi connectivity index (χ1) is 14.2. The van der Waals surface area contributed by atoms with Crippen molar-refractivity contribution >= 4 is 17.6 Å². The van der Waals surface area contributed by atoms with Gasteiger partial charge in [0.1, 0.15) is 19.0 Å². The monoisotopic (exact) mass is 416 g/mol. The number of ether oxygens (including phenoxy) is 3. The number of rotatable bonds is 5. The normalized spacial score (nSPS) is 17.9. The van der Waals surface area contributed by atoms with Crippen LogP contribution in [0.15, 0.2) is 36.4 Å². The number of urea groups is 1. The number of likely N-dealkylation sites (tertiary alicyclic amines) is 1. The zero-order valence-corrected chi connectivity index (χ0v) is 17.2. The number of methoxy groups -OCH3 is 1. The van der Waals surface area contributed by atoms with Gasteiger partial charge >= 0.3 is 6.03 Å². The fourth-order valence-electron chi connectivity index (χ4n) is 3.91. The van der Waals surface area contributed by atoms with Gasteiger partial charge in [-0.3, -0.25) is 0 Å². The molecular weight excluding hydrogens is 392 g/mol. The van der Waals surface area contributed by atoms with Crippen molar-refractivity contribution in [2.24, 2.45) is 0 Å². The highest BCUT2D eigenvalue weighted by Gasteiger charge is 2.29. The SMILES string of the molecule is COc1ccc(C2CCCN2C(=O)NCCc2cc(Cl)c3c(c2)OCCO3)cc1. The molecule has 2 aliphatic heterocycles. The van der Waals surface area contributed by atoms with Crippen molar-refractivity contribution in [1.82, 2.24) is 10.2 Å². The first-order valence-electron chi connectivity index (χ1n) is 9.92. The average Bonchev–Trinajstić information content (AvgIpc) is 3.24. The zero-order valence-electron chi connectivity index (χ0n) is 16.4. The smallest absolute Gasteiger partial charge is 0.317 e. The molecule has 0 spiro atoms. The van der Waals surface area contributed by atoms with E-state index in [0.717, 1.165) is 36.3 Å². The maximum atomic E-state index is 12.8. The highest BCUT2D eigenvalue weighted by atomic mass is 35.5. The van der Waals surface area contributed by atoms with E-state index in [4.69, 9.17) is 25.8 Å². The molecule has 0 aromatic heterocycles. The summed E-state index contributed by atoms with van der Waals surface area (Å²) in [5.41, 5.74) is 2.14. The molecule has 2 amide bonds. The number of nitrogens with one attached hydrogen (secondary N) is 1. The molecule has 0 bridgehead atoms. The maximum absolute atomic E-state index is 12.8. The first kappa shape index (κ1) is 19.7. The molecule has 6 nitrogen and oxygen atoms in total. The Balaban J connectivity index is 1.35. The minimum absolute atomic E-state index is 0.0352. The van der Waals surface area contributed by atoms with Crippen molar-refractivity contribution in [3.05, 3.63) is 52.5 Å². The van der Waals surface area contributed by atoms with Gasteiger partial charge in [0.05, 0.1) is 18.2 Å². The van der Waals surface area contributed by atoms with Crippen LogP contribution in [-0.2, 0) is 6.42 Å². The molecule has 154 valence electrons. The standard InChI is InChI=1S/C22H25ClN2O4/c1-27-17-6-4-16(5-7-17)19-3-2-10-25(19)22(26)24-9-8-15-13-18(23)21-20(14-15)28-11-12-29-21/h4-7,13-14,19H,2-3,8-12H2,1H3,(H,24,26). The van der Waals surface area contributed by atoms with Crippen molar-refractivity contribution in [2.45, 2.75) is 25.3 Å². The van der Waals surface area contributed by atoms with E-state index in [9.17, 15) is 4.79 Å². The van der Waals surface area contributed by atoms with E-state index in [0.29, 0.717) is 42.7 Å². The molecule has 1 N–H and O–H groups in total. The van der Waals surface area contributed by atoms with Gasteiger partial charge < -0.3 is 24.4 Å². The van der Waals surface area contributed by atoms with Gasteiger partial charge in [-0.05, 0) is 54.7 Å². The quantitative estimate of drug-likeness (QED) is 0.793. The van der Waals surface area contributed by atoms with Gasteiger partial charge in [-0.15, -0.1) is 0 Å². The number of fused-ring (bicyclic) bond motifs is 1. The lowest BCUT2D eigenvalue weighted by atomic mass is 10.0. The van der Waals surface area contributed by atoms with Crippen LogP contribution < -0.4 is 19.5 Å². The van der Waals surface area contributed by atoms with E-state index >= 15 is 0 Å². The summed E-state index contributed by atoms with van der Waals surface area (Å²) >= 11 is 6.29. The number of benzene rings is 2. The van der Waals surface area contributed by atoms with E-state index in [1.54, 1.807) is 7.11 Å². The summed E-state index contributed by atoms with van der Waals surface area (Å²) in [5.74, 6) is 2.09. The van der Waals surface area contributed by atoms with Gasteiger partial charge in [0.25, 0.3) is 0 Å². The summed E-state index contributed by atoms with van der Waals surface area (Å²) in [4.78, 5) is 14.7. The predicted molar refractivity (Wildman–Crippen MR) is 111 cm³/mol. The largest absolute Gasteiger partial charge is 0.497 e. The van der Waals surface area contributed by atoms with Gasteiger partial charge in [0.15, 0.2) is 11.5 Å². The summed E-state index contributed by atoms with van der Waals surface area (Å²) in [5, 5.41) is 3.59. The highest BCUT2D eigenvalue weighted by molar-refractivity contribution is 6.32. The number of amides is 2.